The molecule has 1 aliphatic rings. The summed E-state index contributed by atoms with van der Waals surface area (Å²) in [7, 11) is 1.59. The van der Waals surface area contributed by atoms with Crippen molar-refractivity contribution < 1.29 is 22.6 Å². The number of hydrogen-bond donors (Lipinski definition) is 1. The summed E-state index contributed by atoms with van der Waals surface area (Å²) in [6.45, 7) is 6.36. The van der Waals surface area contributed by atoms with E-state index < -0.39 is 12.3 Å². The molecule has 1 aliphatic heterocycles. The minimum Gasteiger partial charge on any atom is -0.462 e. The minimum atomic E-state index is -4.50. The molecule has 0 aliphatic carbocycles. The second-order valence-corrected chi connectivity index (χ2v) is 7.66. The van der Waals surface area contributed by atoms with E-state index in [-0.39, 0.29) is 23.6 Å². The normalized spacial score (nSPS) is 20.6. The molecule has 4 heterocycles. The number of fused-ring (bicyclic) bond motifs is 1. The Labute approximate surface area is 171 Å². The van der Waals surface area contributed by atoms with Gasteiger partial charge in [0.05, 0.1) is 25.5 Å². The molecule has 1 N–H and O–H groups in total. The first-order chi connectivity index (χ1) is 14.1. The summed E-state index contributed by atoms with van der Waals surface area (Å²) in [5.74, 6) is 0.411. The Kier molecular flexibility index (Phi) is 5.08. The van der Waals surface area contributed by atoms with Gasteiger partial charge in [-0.2, -0.15) is 18.2 Å². The standard InChI is InChI=1S/C19H23F3N6O2/c1-10-8-29-9-15(10)28-11(2)5-13-6-23-18(25-16(13)28)24-14-7-27(4)26-17(14)30-12(3)19(20,21)22/h5-7,10,12,15H,8-9H2,1-4H3,(H,23,24,25)/t10-,12+,15-/m0/s1. The summed E-state index contributed by atoms with van der Waals surface area (Å²) >= 11 is 0. The Morgan fingerprint density at radius 2 is 2.10 bits per heavy atom. The smallest absolute Gasteiger partial charge is 0.425 e. The number of rotatable bonds is 5. The maximum absolute atomic E-state index is 12.9. The lowest BCUT2D eigenvalue weighted by Crippen LogP contribution is -2.31. The van der Waals surface area contributed by atoms with E-state index in [0.717, 1.165) is 23.7 Å². The van der Waals surface area contributed by atoms with Gasteiger partial charge < -0.3 is 19.4 Å². The zero-order valence-corrected chi connectivity index (χ0v) is 17.1. The summed E-state index contributed by atoms with van der Waals surface area (Å²) < 4.78 is 52.8. The highest BCUT2D eigenvalue weighted by molar-refractivity contribution is 5.78. The van der Waals surface area contributed by atoms with Gasteiger partial charge in [-0.05, 0) is 19.9 Å². The van der Waals surface area contributed by atoms with Crippen molar-refractivity contribution in [2.75, 3.05) is 18.5 Å². The van der Waals surface area contributed by atoms with Crippen molar-refractivity contribution in [3.63, 3.8) is 0 Å². The van der Waals surface area contributed by atoms with Crippen molar-refractivity contribution in [2.45, 2.75) is 39.1 Å². The fourth-order valence-electron chi connectivity index (χ4n) is 3.59. The van der Waals surface area contributed by atoms with Crippen LogP contribution in [0.15, 0.2) is 18.5 Å². The molecule has 30 heavy (non-hydrogen) atoms. The number of halogens is 3. The Morgan fingerprint density at radius 1 is 1.33 bits per heavy atom. The van der Waals surface area contributed by atoms with Gasteiger partial charge in [-0.1, -0.05) is 6.92 Å². The van der Waals surface area contributed by atoms with Crippen molar-refractivity contribution >= 4 is 22.7 Å². The van der Waals surface area contributed by atoms with Gasteiger partial charge in [0, 0.05) is 30.2 Å². The average molecular weight is 424 g/mol. The Morgan fingerprint density at radius 3 is 2.77 bits per heavy atom. The van der Waals surface area contributed by atoms with Crippen LogP contribution in [0.1, 0.15) is 25.6 Å². The fraction of sp³-hybridized carbons (Fsp3) is 0.526. The first-order valence-electron chi connectivity index (χ1n) is 9.60. The minimum absolute atomic E-state index is 0.162. The fourth-order valence-corrected chi connectivity index (χ4v) is 3.59. The summed E-state index contributed by atoms with van der Waals surface area (Å²) in [4.78, 5) is 8.92. The summed E-state index contributed by atoms with van der Waals surface area (Å²) in [5, 5.41) is 7.79. The Hall–Kier alpha value is -2.82. The highest BCUT2D eigenvalue weighted by atomic mass is 19.4. The number of aryl methyl sites for hydroxylation is 2. The second kappa shape index (κ2) is 7.46. The third-order valence-electron chi connectivity index (χ3n) is 5.22. The molecule has 0 spiro atoms. The molecular weight excluding hydrogens is 401 g/mol. The van der Waals surface area contributed by atoms with Crippen LogP contribution in [-0.2, 0) is 11.8 Å². The maximum Gasteiger partial charge on any atom is 0.425 e. The summed E-state index contributed by atoms with van der Waals surface area (Å²) in [6, 6.07) is 2.17. The first kappa shape index (κ1) is 20.5. The molecule has 0 unspecified atom stereocenters. The molecule has 4 rings (SSSR count). The van der Waals surface area contributed by atoms with Crippen LogP contribution < -0.4 is 10.1 Å². The van der Waals surface area contributed by atoms with E-state index in [1.807, 2.05) is 13.0 Å². The summed E-state index contributed by atoms with van der Waals surface area (Å²) in [6.07, 6.45) is -3.30. The number of alkyl halides is 3. The van der Waals surface area contributed by atoms with E-state index in [9.17, 15) is 13.2 Å². The molecule has 162 valence electrons. The largest absolute Gasteiger partial charge is 0.462 e. The second-order valence-electron chi connectivity index (χ2n) is 7.66. The van der Waals surface area contributed by atoms with Gasteiger partial charge in [-0.3, -0.25) is 4.68 Å². The molecule has 11 heteroatoms. The van der Waals surface area contributed by atoms with Crippen LogP contribution in [0, 0.1) is 12.8 Å². The van der Waals surface area contributed by atoms with E-state index >= 15 is 0 Å². The maximum atomic E-state index is 12.9. The highest BCUT2D eigenvalue weighted by Crippen LogP contribution is 2.33. The quantitative estimate of drug-likeness (QED) is 0.672. The molecule has 8 nitrogen and oxygen atoms in total. The molecular formula is C19H23F3N6O2. The van der Waals surface area contributed by atoms with E-state index in [1.54, 1.807) is 13.2 Å². The molecule has 0 aromatic carbocycles. The van der Waals surface area contributed by atoms with Crippen LogP contribution in [0.4, 0.5) is 24.8 Å². The molecule has 3 aromatic rings. The summed E-state index contributed by atoms with van der Waals surface area (Å²) in [5.41, 5.74) is 2.03. The Bertz CT molecular complexity index is 1060. The van der Waals surface area contributed by atoms with Gasteiger partial charge in [0.25, 0.3) is 5.88 Å². The van der Waals surface area contributed by atoms with Gasteiger partial charge in [-0.15, -0.1) is 5.10 Å². The van der Waals surface area contributed by atoms with Crippen molar-refractivity contribution in [3.8, 4) is 5.88 Å². The monoisotopic (exact) mass is 424 g/mol. The van der Waals surface area contributed by atoms with E-state index in [2.05, 4.69) is 31.9 Å². The van der Waals surface area contributed by atoms with Gasteiger partial charge in [0.1, 0.15) is 11.3 Å². The van der Waals surface area contributed by atoms with Crippen LogP contribution in [0.25, 0.3) is 11.0 Å². The van der Waals surface area contributed by atoms with E-state index in [4.69, 9.17) is 9.47 Å². The van der Waals surface area contributed by atoms with Gasteiger partial charge in [0.2, 0.25) is 5.95 Å². The van der Waals surface area contributed by atoms with Crippen LogP contribution in [0.2, 0.25) is 0 Å². The van der Waals surface area contributed by atoms with Gasteiger partial charge in [0.15, 0.2) is 6.10 Å². The third kappa shape index (κ3) is 3.81. The van der Waals surface area contributed by atoms with Crippen molar-refractivity contribution in [1.29, 1.82) is 0 Å². The topological polar surface area (TPSA) is 79.0 Å². The molecule has 3 atom stereocenters. The number of hydrogen-bond acceptors (Lipinski definition) is 6. The SMILES string of the molecule is Cc1cc2cnc(Nc3cn(C)nc3O[C@H](C)C(F)(F)F)nc2n1[C@H]1COC[C@@H]1C. The first-order valence-corrected chi connectivity index (χ1v) is 9.60. The molecule has 0 amide bonds. The van der Waals surface area contributed by atoms with E-state index in [1.165, 1.54) is 10.9 Å². The number of nitrogens with zero attached hydrogens (tertiary/aromatic N) is 5. The zero-order chi connectivity index (χ0) is 21.6. The van der Waals surface area contributed by atoms with Crippen molar-refractivity contribution in [2.24, 2.45) is 13.0 Å². The lowest BCUT2D eigenvalue weighted by molar-refractivity contribution is -0.189. The molecule has 3 aromatic heterocycles. The number of anilines is 2. The lowest BCUT2D eigenvalue weighted by Gasteiger charge is -2.19. The predicted molar refractivity (Wildman–Crippen MR) is 104 cm³/mol. The molecule has 0 radical (unpaired) electrons. The number of ether oxygens (including phenoxy) is 2. The van der Waals surface area contributed by atoms with Crippen molar-refractivity contribution in [1.82, 2.24) is 24.3 Å². The lowest BCUT2D eigenvalue weighted by atomic mass is 10.1. The zero-order valence-electron chi connectivity index (χ0n) is 17.1. The van der Waals surface area contributed by atoms with E-state index in [0.29, 0.717) is 19.1 Å². The van der Waals surface area contributed by atoms with Crippen LogP contribution in [0.3, 0.4) is 0 Å². The Balaban J connectivity index is 1.65. The number of aromatic nitrogens is 5. The molecule has 1 saturated heterocycles. The van der Waals surface area contributed by atoms with Gasteiger partial charge >= 0.3 is 6.18 Å². The molecule has 0 bridgehead atoms. The highest BCUT2D eigenvalue weighted by Gasteiger charge is 2.39. The van der Waals surface area contributed by atoms with Crippen LogP contribution in [-0.4, -0.2) is 49.8 Å². The predicted octanol–water partition coefficient (Wildman–Crippen LogP) is 3.75. The van der Waals surface area contributed by atoms with Crippen LogP contribution in [0.5, 0.6) is 5.88 Å². The molecule has 0 saturated carbocycles. The number of nitrogens with one attached hydrogen (secondary N) is 1. The van der Waals surface area contributed by atoms with Gasteiger partial charge in [-0.25, -0.2) is 4.98 Å². The van der Waals surface area contributed by atoms with Crippen molar-refractivity contribution in [3.05, 3.63) is 24.2 Å². The third-order valence-corrected chi connectivity index (χ3v) is 5.22. The van der Waals surface area contributed by atoms with Crippen LogP contribution >= 0.6 is 0 Å². The molecule has 1 fully saturated rings. The average Bonchev–Trinajstić information content (AvgIpc) is 3.31.